The van der Waals surface area contributed by atoms with Gasteiger partial charge in [0.15, 0.2) is 0 Å². The summed E-state index contributed by atoms with van der Waals surface area (Å²) < 4.78 is 0. The summed E-state index contributed by atoms with van der Waals surface area (Å²) in [5, 5.41) is 39.2. The molecule has 0 heterocycles. The van der Waals surface area contributed by atoms with E-state index in [1.807, 2.05) is 13.8 Å². The lowest BCUT2D eigenvalue weighted by Gasteiger charge is -2.19. The molecule has 0 aromatic rings. The molecule has 0 spiro atoms. The van der Waals surface area contributed by atoms with Gasteiger partial charge in [0.05, 0.1) is 58.1 Å². The highest BCUT2D eigenvalue weighted by molar-refractivity contribution is 5.81. The number of hydrogen-bond acceptors (Lipinski definition) is 9. The van der Waals surface area contributed by atoms with Crippen molar-refractivity contribution in [3.8, 4) is 0 Å². The fourth-order valence-electron chi connectivity index (χ4n) is 1.47. The molecular formula is C16H35N3O7. The van der Waals surface area contributed by atoms with E-state index in [-0.39, 0.29) is 57.9 Å². The maximum atomic E-state index is 11.4. The highest BCUT2D eigenvalue weighted by atomic mass is 16.3. The van der Waals surface area contributed by atoms with Gasteiger partial charge in [-0.2, -0.15) is 0 Å². The molecule has 0 saturated carbocycles. The first-order valence-corrected chi connectivity index (χ1v) is 8.43. The Labute approximate surface area is 155 Å². The van der Waals surface area contributed by atoms with E-state index in [1.165, 1.54) is 11.8 Å². The molecule has 0 atom stereocenters. The summed E-state index contributed by atoms with van der Waals surface area (Å²) >= 11 is 0. The van der Waals surface area contributed by atoms with Crippen molar-refractivity contribution < 1.29 is 34.8 Å². The number of amides is 1. The molecule has 0 rings (SSSR count). The van der Waals surface area contributed by atoms with Crippen LogP contribution in [0.2, 0.25) is 0 Å². The summed E-state index contributed by atoms with van der Waals surface area (Å²) in [6.07, 6.45) is 0.603. The summed E-state index contributed by atoms with van der Waals surface area (Å²) in [5.74, 6) is -0.610. The normalized spacial score (nSPS) is 9.96. The molecule has 0 radical (unpaired) electrons. The van der Waals surface area contributed by atoms with Gasteiger partial charge in [0.2, 0.25) is 5.91 Å². The second kappa shape index (κ2) is 21.6. The minimum atomic E-state index is -0.724. The summed E-state index contributed by atoms with van der Waals surface area (Å²) in [4.78, 5) is 34.0. The molecule has 0 bridgehead atoms. The number of ketones is 1. The number of aliphatic hydroxyl groups is 4. The number of carbonyl (C=O) groups is 3. The Morgan fingerprint density at radius 2 is 1.42 bits per heavy atom. The Morgan fingerprint density at radius 3 is 1.69 bits per heavy atom. The Morgan fingerprint density at radius 1 is 0.962 bits per heavy atom. The van der Waals surface area contributed by atoms with Crippen LogP contribution in [0.3, 0.4) is 0 Å². The molecule has 156 valence electrons. The smallest absolute Gasteiger partial charge is 0.234 e. The third-order valence-electron chi connectivity index (χ3n) is 2.80. The van der Waals surface area contributed by atoms with Gasteiger partial charge in [0.25, 0.3) is 0 Å². The van der Waals surface area contributed by atoms with Crippen molar-refractivity contribution in [2.24, 2.45) is 0 Å². The fraction of sp³-hybridized carbons (Fsp3) is 0.812. The first-order valence-electron chi connectivity index (χ1n) is 8.43. The zero-order chi connectivity index (χ0) is 21.0. The van der Waals surface area contributed by atoms with E-state index in [9.17, 15) is 14.4 Å². The minimum Gasteiger partial charge on any atom is -0.395 e. The summed E-state index contributed by atoms with van der Waals surface area (Å²) in [5.41, 5.74) is 0. The van der Waals surface area contributed by atoms with Crippen molar-refractivity contribution >= 4 is 18.0 Å². The van der Waals surface area contributed by atoms with Gasteiger partial charge in [-0.1, -0.05) is 13.8 Å². The molecule has 1 amide bonds. The van der Waals surface area contributed by atoms with E-state index in [1.54, 1.807) is 7.05 Å². The first kappa shape index (κ1) is 29.3. The van der Waals surface area contributed by atoms with E-state index in [0.717, 1.165) is 0 Å². The summed E-state index contributed by atoms with van der Waals surface area (Å²) in [7, 11) is 1.69. The third kappa shape index (κ3) is 18.9. The van der Waals surface area contributed by atoms with Crippen LogP contribution in [0.15, 0.2) is 0 Å². The Bertz CT molecular complexity index is 343. The summed E-state index contributed by atoms with van der Waals surface area (Å²) in [6, 6.07) is -0.877. The van der Waals surface area contributed by atoms with Gasteiger partial charge in [-0.05, 0) is 14.0 Å². The van der Waals surface area contributed by atoms with Gasteiger partial charge in [-0.15, -0.1) is 0 Å². The molecule has 0 fully saturated rings. The standard InChI is InChI=1S/C10H18N2O5.C4H11NO2.C2H6/c1-8(16)4-12(2-3-13)5-10(17)11-9(6-14)7-15;1-5-4(2-6)3-7;1-2/h3,9,14-15H,2,4-7H2,1H3,(H,11,17);4-7H,2-3H2,1H3;1-2H3. The van der Waals surface area contributed by atoms with Crippen LogP contribution in [-0.2, 0) is 14.4 Å². The van der Waals surface area contributed by atoms with Gasteiger partial charge in [-0.3, -0.25) is 14.5 Å². The van der Waals surface area contributed by atoms with E-state index < -0.39 is 11.9 Å². The van der Waals surface area contributed by atoms with Gasteiger partial charge in [0.1, 0.15) is 12.1 Å². The van der Waals surface area contributed by atoms with Crippen LogP contribution in [0.5, 0.6) is 0 Å². The van der Waals surface area contributed by atoms with Crippen LogP contribution in [0.1, 0.15) is 20.8 Å². The maximum Gasteiger partial charge on any atom is 0.234 e. The third-order valence-corrected chi connectivity index (χ3v) is 2.80. The average Bonchev–Trinajstić information content (AvgIpc) is 2.63. The number of rotatable bonds is 12. The lowest BCUT2D eigenvalue weighted by atomic mass is 10.3. The lowest BCUT2D eigenvalue weighted by molar-refractivity contribution is -0.125. The Hall–Kier alpha value is -1.43. The van der Waals surface area contributed by atoms with Crippen LogP contribution >= 0.6 is 0 Å². The zero-order valence-corrected chi connectivity index (χ0v) is 16.1. The Balaban J connectivity index is -0.000000491. The number of aldehydes is 1. The van der Waals surface area contributed by atoms with Crippen molar-refractivity contribution in [2.45, 2.75) is 32.9 Å². The van der Waals surface area contributed by atoms with E-state index in [0.29, 0.717) is 6.29 Å². The first-order chi connectivity index (χ1) is 12.4. The van der Waals surface area contributed by atoms with E-state index in [2.05, 4.69) is 10.6 Å². The molecular weight excluding hydrogens is 346 g/mol. The highest BCUT2D eigenvalue weighted by Crippen LogP contribution is 1.89. The van der Waals surface area contributed by atoms with Gasteiger partial charge in [0, 0.05) is 0 Å². The monoisotopic (exact) mass is 381 g/mol. The average molecular weight is 381 g/mol. The van der Waals surface area contributed by atoms with Gasteiger partial charge >= 0.3 is 0 Å². The molecule has 0 unspecified atom stereocenters. The predicted molar refractivity (Wildman–Crippen MR) is 97.7 cm³/mol. The van der Waals surface area contributed by atoms with Crippen molar-refractivity contribution in [1.82, 2.24) is 15.5 Å². The molecule has 0 aromatic carbocycles. The number of carbonyl (C=O) groups excluding carboxylic acids is 3. The van der Waals surface area contributed by atoms with Crippen molar-refractivity contribution in [1.29, 1.82) is 0 Å². The van der Waals surface area contributed by atoms with E-state index >= 15 is 0 Å². The fourth-order valence-corrected chi connectivity index (χ4v) is 1.47. The largest absolute Gasteiger partial charge is 0.395 e. The highest BCUT2D eigenvalue weighted by Gasteiger charge is 2.15. The molecule has 10 nitrogen and oxygen atoms in total. The predicted octanol–water partition coefficient (Wildman–Crippen LogP) is -2.87. The van der Waals surface area contributed by atoms with Crippen LogP contribution < -0.4 is 10.6 Å². The van der Waals surface area contributed by atoms with E-state index in [4.69, 9.17) is 20.4 Å². The van der Waals surface area contributed by atoms with Crippen LogP contribution in [0.4, 0.5) is 0 Å². The maximum absolute atomic E-state index is 11.4. The number of nitrogens with zero attached hydrogens (tertiary/aromatic N) is 1. The molecule has 6 N–H and O–H groups in total. The molecule has 0 aromatic heterocycles. The number of hydrogen-bond donors (Lipinski definition) is 6. The minimum absolute atomic E-state index is 0.00694. The SMILES string of the molecule is CC.CC(=O)CN(CC=O)CC(=O)NC(CO)CO.CNC(CO)CO. The molecule has 0 aliphatic carbocycles. The molecule has 0 aliphatic rings. The number of aliphatic hydroxyl groups excluding tert-OH is 4. The number of likely N-dealkylation sites (N-methyl/N-ethyl adjacent to an activating group) is 1. The van der Waals surface area contributed by atoms with Crippen LogP contribution in [0, 0.1) is 0 Å². The second-order valence-electron chi connectivity index (χ2n) is 5.02. The lowest BCUT2D eigenvalue weighted by Crippen LogP contribution is -2.46. The van der Waals surface area contributed by atoms with Crippen molar-refractivity contribution in [2.75, 3.05) is 53.1 Å². The number of nitrogens with one attached hydrogen (secondary N) is 2. The number of Topliss-reactive ketones (excluding diaryl/α,β-unsaturated/α-hetero) is 1. The van der Waals surface area contributed by atoms with Crippen molar-refractivity contribution in [3.05, 3.63) is 0 Å². The van der Waals surface area contributed by atoms with Gasteiger partial charge in [-0.25, -0.2) is 0 Å². The molecule has 10 heteroatoms. The quantitative estimate of drug-likeness (QED) is 0.195. The topological polar surface area (TPSA) is 159 Å². The van der Waals surface area contributed by atoms with Crippen LogP contribution in [0.25, 0.3) is 0 Å². The zero-order valence-electron chi connectivity index (χ0n) is 16.1. The second-order valence-corrected chi connectivity index (χ2v) is 5.02. The van der Waals surface area contributed by atoms with Gasteiger partial charge < -0.3 is 35.9 Å². The molecule has 0 aliphatic heterocycles. The Kier molecular flexibility index (Phi) is 24.4. The van der Waals surface area contributed by atoms with Crippen LogP contribution in [-0.4, -0.2) is 108 Å². The molecule has 0 saturated heterocycles. The molecule has 26 heavy (non-hydrogen) atoms. The summed E-state index contributed by atoms with van der Waals surface area (Å²) in [6.45, 7) is 4.46. The van der Waals surface area contributed by atoms with Crippen molar-refractivity contribution in [3.63, 3.8) is 0 Å².